The van der Waals surface area contributed by atoms with E-state index in [4.69, 9.17) is 0 Å². The SMILES string of the molecule is CCC(O)(O)c1ccccc1.[B]. The molecule has 3 radical (unpaired) electrons. The molecule has 0 atom stereocenters. The fourth-order valence-electron chi connectivity index (χ4n) is 0.909. The van der Waals surface area contributed by atoms with Crippen molar-refractivity contribution in [1.82, 2.24) is 0 Å². The first kappa shape index (κ1) is 11.2. The van der Waals surface area contributed by atoms with Gasteiger partial charge in [0, 0.05) is 20.4 Å². The molecule has 2 N–H and O–H groups in total. The molecule has 0 bridgehead atoms. The summed E-state index contributed by atoms with van der Waals surface area (Å²) in [6.07, 6.45) is 0.303. The number of rotatable bonds is 2. The minimum atomic E-state index is -1.67. The molecule has 2 nitrogen and oxygen atoms in total. The third kappa shape index (κ3) is 2.36. The highest BCUT2D eigenvalue weighted by atomic mass is 16.5. The number of benzene rings is 1. The lowest BCUT2D eigenvalue weighted by Crippen LogP contribution is -2.23. The molecule has 0 amide bonds. The third-order valence-electron chi connectivity index (χ3n) is 1.73. The molecule has 0 unspecified atom stereocenters. The second-order valence-electron chi connectivity index (χ2n) is 2.54. The zero-order chi connectivity index (χ0) is 8.32. The lowest BCUT2D eigenvalue weighted by atomic mass is 10.0. The van der Waals surface area contributed by atoms with E-state index in [0.717, 1.165) is 0 Å². The average molecular weight is 163 g/mol. The van der Waals surface area contributed by atoms with Crippen LogP contribution in [0.15, 0.2) is 30.3 Å². The molecular weight excluding hydrogens is 151 g/mol. The molecule has 0 aliphatic rings. The molecule has 0 fully saturated rings. The van der Waals surface area contributed by atoms with Crippen molar-refractivity contribution in [1.29, 1.82) is 0 Å². The van der Waals surface area contributed by atoms with Crippen molar-refractivity contribution in [2.24, 2.45) is 0 Å². The van der Waals surface area contributed by atoms with Crippen LogP contribution in [0.1, 0.15) is 18.9 Å². The highest BCUT2D eigenvalue weighted by Crippen LogP contribution is 2.20. The smallest absolute Gasteiger partial charge is 0.189 e. The second-order valence-corrected chi connectivity index (χ2v) is 2.54. The van der Waals surface area contributed by atoms with Crippen LogP contribution in [0.5, 0.6) is 0 Å². The Morgan fingerprint density at radius 1 is 1.17 bits per heavy atom. The van der Waals surface area contributed by atoms with E-state index in [0.29, 0.717) is 12.0 Å². The molecule has 0 saturated heterocycles. The Morgan fingerprint density at radius 3 is 2.08 bits per heavy atom. The standard InChI is InChI=1S/C9H12O2.B/c1-2-9(10,11)8-6-4-3-5-7-8;/h3-7,10-11H,2H2,1H3;. The predicted molar refractivity (Wildman–Crippen MR) is 48.6 cm³/mol. The molecule has 0 aromatic heterocycles. The van der Waals surface area contributed by atoms with Gasteiger partial charge in [0.05, 0.1) is 0 Å². The van der Waals surface area contributed by atoms with Crippen LogP contribution in [-0.4, -0.2) is 18.6 Å². The van der Waals surface area contributed by atoms with E-state index < -0.39 is 5.79 Å². The number of hydrogen-bond acceptors (Lipinski definition) is 2. The van der Waals surface area contributed by atoms with Crippen LogP contribution in [0.2, 0.25) is 0 Å². The van der Waals surface area contributed by atoms with Crippen molar-refractivity contribution in [3.8, 4) is 0 Å². The summed E-state index contributed by atoms with van der Waals surface area (Å²) < 4.78 is 0. The summed E-state index contributed by atoms with van der Waals surface area (Å²) in [5.74, 6) is -1.67. The lowest BCUT2D eigenvalue weighted by Gasteiger charge is -2.19. The van der Waals surface area contributed by atoms with Gasteiger partial charge in [-0.15, -0.1) is 0 Å². The van der Waals surface area contributed by atoms with Crippen molar-refractivity contribution >= 4 is 8.41 Å². The Balaban J connectivity index is 0.00000121. The third-order valence-corrected chi connectivity index (χ3v) is 1.73. The Bertz CT molecular complexity index is 221. The quantitative estimate of drug-likeness (QED) is 0.501. The summed E-state index contributed by atoms with van der Waals surface area (Å²) in [6.45, 7) is 1.73. The van der Waals surface area contributed by atoms with Crippen LogP contribution >= 0.6 is 0 Å². The van der Waals surface area contributed by atoms with Crippen LogP contribution in [0, 0.1) is 0 Å². The van der Waals surface area contributed by atoms with Crippen LogP contribution < -0.4 is 0 Å². The monoisotopic (exact) mass is 163 g/mol. The van der Waals surface area contributed by atoms with Gasteiger partial charge in [-0.2, -0.15) is 0 Å². The largest absolute Gasteiger partial charge is 0.362 e. The van der Waals surface area contributed by atoms with E-state index in [-0.39, 0.29) is 8.41 Å². The second kappa shape index (κ2) is 4.29. The fourth-order valence-corrected chi connectivity index (χ4v) is 0.909. The maximum absolute atomic E-state index is 9.35. The minimum Gasteiger partial charge on any atom is -0.362 e. The van der Waals surface area contributed by atoms with Crippen LogP contribution in [0.4, 0.5) is 0 Å². The number of aliphatic hydroxyl groups is 2. The van der Waals surface area contributed by atoms with Gasteiger partial charge in [-0.3, -0.25) is 0 Å². The summed E-state index contributed by atoms with van der Waals surface area (Å²) in [5.41, 5.74) is 0.544. The number of hydrogen-bond donors (Lipinski definition) is 2. The summed E-state index contributed by atoms with van der Waals surface area (Å²) in [7, 11) is 0. The van der Waals surface area contributed by atoms with Gasteiger partial charge < -0.3 is 10.2 Å². The van der Waals surface area contributed by atoms with Gasteiger partial charge in [0.25, 0.3) is 0 Å². The Morgan fingerprint density at radius 2 is 1.67 bits per heavy atom. The summed E-state index contributed by atoms with van der Waals surface area (Å²) in [4.78, 5) is 0. The van der Waals surface area contributed by atoms with Gasteiger partial charge in [-0.05, 0) is 0 Å². The molecule has 1 aromatic carbocycles. The Labute approximate surface area is 74.4 Å². The van der Waals surface area contributed by atoms with Crippen molar-refractivity contribution in [2.45, 2.75) is 19.1 Å². The van der Waals surface area contributed by atoms with E-state index in [1.165, 1.54) is 0 Å². The maximum Gasteiger partial charge on any atom is 0.189 e. The molecule has 0 heterocycles. The Hall–Kier alpha value is -0.795. The van der Waals surface area contributed by atoms with E-state index in [9.17, 15) is 10.2 Å². The predicted octanol–water partition coefficient (Wildman–Crippen LogP) is 0.853. The molecule has 0 spiro atoms. The van der Waals surface area contributed by atoms with Gasteiger partial charge >= 0.3 is 0 Å². The molecule has 0 aliphatic carbocycles. The molecule has 63 valence electrons. The van der Waals surface area contributed by atoms with Gasteiger partial charge in [0.2, 0.25) is 0 Å². The van der Waals surface area contributed by atoms with Gasteiger partial charge in [0.15, 0.2) is 5.79 Å². The van der Waals surface area contributed by atoms with E-state index in [1.54, 1.807) is 31.2 Å². The summed E-state index contributed by atoms with van der Waals surface area (Å²) in [6, 6.07) is 8.81. The van der Waals surface area contributed by atoms with Crippen molar-refractivity contribution in [2.75, 3.05) is 0 Å². The normalized spacial score (nSPS) is 10.6. The molecule has 0 aliphatic heterocycles. The first-order valence-electron chi connectivity index (χ1n) is 3.67. The first-order valence-corrected chi connectivity index (χ1v) is 3.67. The van der Waals surface area contributed by atoms with E-state index in [2.05, 4.69) is 0 Å². The molecule has 12 heavy (non-hydrogen) atoms. The van der Waals surface area contributed by atoms with Crippen molar-refractivity contribution in [3.63, 3.8) is 0 Å². The molecule has 3 heteroatoms. The topological polar surface area (TPSA) is 40.5 Å². The van der Waals surface area contributed by atoms with Gasteiger partial charge in [0.1, 0.15) is 0 Å². The van der Waals surface area contributed by atoms with Crippen LogP contribution in [-0.2, 0) is 5.79 Å². The Kier molecular flexibility index (Phi) is 4.00. The lowest BCUT2D eigenvalue weighted by molar-refractivity contribution is -0.171. The van der Waals surface area contributed by atoms with Crippen molar-refractivity contribution < 1.29 is 10.2 Å². The average Bonchev–Trinajstić information content (AvgIpc) is 2.06. The summed E-state index contributed by atoms with van der Waals surface area (Å²) >= 11 is 0. The highest BCUT2D eigenvalue weighted by Gasteiger charge is 2.21. The van der Waals surface area contributed by atoms with E-state index in [1.807, 2.05) is 6.07 Å². The van der Waals surface area contributed by atoms with Crippen LogP contribution in [0.3, 0.4) is 0 Å². The molecular formula is C9H12BO2. The van der Waals surface area contributed by atoms with Gasteiger partial charge in [-0.25, -0.2) is 0 Å². The fraction of sp³-hybridized carbons (Fsp3) is 0.333. The first-order chi connectivity index (χ1) is 5.17. The van der Waals surface area contributed by atoms with Gasteiger partial charge in [-0.1, -0.05) is 37.3 Å². The maximum atomic E-state index is 9.35. The summed E-state index contributed by atoms with van der Waals surface area (Å²) in [5, 5.41) is 18.7. The molecule has 1 aromatic rings. The zero-order valence-electron chi connectivity index (χ0n) is 7.07. The zero-order valence-corrected chi connectivity index (χ0v) is 7.07. The molecule has 0 saturated carbocycles. The highest BCUT2D eigenvalue weighted by molar-refractivity contribution is 5.75. The molecule has 1 rings (SSSR count). The van der Waals surface area contributed by atoms with Crippen molar-refractivity contribution in [3.05, 3.63) is 35.9 Å². The van der Waals surface area contributed by atoms with E-state index >= 15 is 0 Å². The van der Waals surface area contributed by atoms with Crippen LogP contribution in [0.25, 0.3) is 0 Å². The minimum absolute atomic E-state index is 0.